The molecule has 1 rings (SSSR count). The maximum absolute atomic E-state index is 12.1. The molecule has 1 atom stereocenters. The number of alkyl halides is 3. The second-order valence-corrected chi connectivity index (χ2v) is 5.84. The summed E-state index contributed by atoms with van der Waals surface area (Å²) in [5.41, 5.74) is 2.16. The quantitative estimate of drug-likeness (QED) is 0.889. The largest absolute Gasteiger partial charge is 0.411 e. The smallest absolute Gasteiger partial charge is 0.370 e. The number of benzene rings is 1. The van der Waals surface area contributed by atoms with Crippen molar-refractivity contribution in [3.63, 3.8) is 0 Å². The van der Waals surface area contributed by atoms with Gasteiger partial charge in [-0.1, -0.05) is 45.0 Å². The number of likely N-dealkylation sites (N-methyl/N-ethyl adjacent to an activating group) is 1. The molecule has 0 fully saturated rings. The van der Waals surface area contributed by atoms with Crippen molar-refractivity contribution in [1.82, 2.24) is 5.32 Å². The molecule has 0 bridgehead atoms. The third-order valence-corrected chi connectivity index (χ3v) is 3.08. The van der Waals surface area contributed by atoms with E-state index in [9.17, 15) is 13.2 Å². The highest BCUT2D eigenvalue weighted by Crippen LogP contribution is 2.24. The van der Waals surface area contributed by atoms with Crippen LogP contribution in [0, 0.1) is 0 Å². The van der Waals surface area contributed by atoms with Gasteiger partial charge in [0.05, 0.1) is 12.6 Å². The van der Waals surface area contributed by atoms with E-state index in [-0.39, 0.29) is 18.1 Å². The summed E-state index contributed by atoms with van der Waals surface area (Å²) in [4.78, 5) is 0. The van der Waals surface area contributed by atoms with Gasteiger partial charge < -0.3 is 10.1 Å². The van der Waals surface area contributed by atoms with Gasteiger partial charge in [-0.05, 0) is 23.6 Å². The molecule has 0 saturated heterocycles. The Balaban J connectivity index is 2.66. The lowest BCUT2D eigenvalue weighted by molar-refractivity contribution is -0.175. The Hall–Kier alpha value is -1.07. The molecule has 0 radical (unpaired) electrons. The van der Waals surface area contributed by atoms with Gasteiger partial charge >= 0.3 is 6.18 Å². The van der Waals surface area contributed by atoms with Gasteiger partial charge in [-0.2, -0.15) is 13.2 Å². The number of nitrogens with one attached hydrogen (secondary N) is 1. The van der Waals surface area contributed by atoms with E-state index in [1.54, 1.807) is 7.05 Å². The minimum absolute atomic E-state index is 0.00905. The molecule has 5 heteroatoms. The predicted octanol–water partition coefficient (Wildman–Crippen LogP) is 3.82. The second-order valence-electron chi connectivity index (χ2n) is 5.84. The zero-order valence-electron chi connectivity index (χ0n) is 12.3. The van der Waals surface area contributed by atoms with Gasteiger partial charge in [-0.3, -0.25) is 0 Å². The Morgan fingerprint density at radius 2 is 1.65 bits per heavy atom. The minimum Gasteiger partial charge on any atom is -0.370 e. The molecule has 0 aliphatic rings. The summed E-state index contributed by atoms with van der Waals surface area (Å²) in [5, 5.41) is 2.97. The molecule has 0 heterocycles. The van der Waals surface area contributed by atoms with Gasteiger partial charge in [0, 0.05) is 0 Å². The van der Waals surface area contributed by atoms with Crippen LogP contribution in [0.4, 0.5) is 13.2 Å². The highest BCUT2D eigenvalue weighted by atomic mass is 19.4. The number of rotatable bonds is 5. The SMILES string of the molecule is CNC(COCC(F)(F)F)c1ccc(C(C)(C)C)cc1. The highest BCUT2D eigenvalue weighted by molar-refractivity contribution is 5.29. The first kappa shape index (κ1) is 17.0. The van der Waals surface area contributed by atoms with E-state index < -0.39 is 12.8 Å². The van der Waals surface area contributed by atoms with Gasteiger partial charge in [-0.15, -0.1) is 0 Å². The molecule has 0 spiro atoms. The molecule has 1 aromatic rings. The lowest BCUT2D eigenvalue weighted by Crippen LogP contribution is -2.25. The van der Waals surface area contributed by atoms with Crippen LogP contribution in [0.3, 0.4) is 0 Å². The molecule has 0 aliphatic heterocycles. The van der Waals surface area contributed by atoms with Crippen molar-refractivity contribution in [3.05, 3.63) is 35.4 Å². The van der Waals surface area contributed by atoms with E-state index in [1.807, 2.05) is 24.3 Å². The maximum Gasteiger partial charge on any atom is 0.411 e. The summed E-state index contributed by atoms with van der Waals surface area (Å²) < 4.78 is 40.9. The Kier molecular flexibility index (Phi) is 5.59. The first-order valence-electron chi connectivity index (χ1n) is 6.55. The second kappa shape index (κ2) is 6.59. The normalized spacial score (nSPS) is 14.3. The number of halogens is 3. The topological polar surface area (TPSA) is 21.3 Å². The first-order chi connectivity index (χ1) is 9.13. The number of hydrogen-bond acceptors (Lipinski definition) is 2. The lowest BCUT2D eigenvalue weighted by Gasteiger charge is -2.21. The average Bonchev–Trinajstić information content (AvgIpc) is 2.32. The molecule has 0 amide bonds. The molecule has 114 valence electrons. The molecule has 1 aromatic carbocycles. The van der Waals surface area contributed by atoms with E-state index in [4.69, 9.17) is 4.74 Å². The zero-order valence-corrected chi connectivity index (χ0v) is 12.3. The van der Waals surface area contributed by atoms with Gasteiger partial charge in [0.2, 0.25) is 0 Å². The Labute approximate surface area is 118 Å². The van der Waals surface area contributed by atoms with Gasteiger partial charge in [-0.25, -0.2) is 0 Å². The van der Waals surface area contributed by atoms with Crippen molar-refractivity contribution in [2.45, 2.75) is 38.4 Å². The van der Waals surface area contributed by atoms with Crippen LogP contribution in [-0.2, 0) is 10.2 Å². The van der Waals surface area contributed by atoms with Crippen molar-refractivity contribution >= 4 is 0 Å². The van der Waals surface area contributed by atoms with E-state index in [1.165, 1.54) is 5.56 Å². The minimum atomic E-state index is -4.28. The lowest BCUT2D eigenvalue weighted by atomic mass is 9.86. The monoisotopic (exact) mass is 289 g/mol. The predicted molar refractivity (Wildman–Crippen MR) is 73.8 cm³/mol. The van der Waals surface area contributed by atoms with Crippen molar-refractivity contribution in [1.29, 1.82) is 0 Å². The van der Waals surface area contributed by atoms with Crippen molar-refractivity contribution in [3.8, 4) is 0 Å². The van der Waals surface area contributed by atoms with Gasteiger partial charge in [0.15, 0.2) is 0 Å². The third-order valence-electron chi connectivity index (χ3n) is 3.08. The highest BCUT2D eigenvalue weighted by Gasteiger charge is 2.28. The summed E-state index contributed by atoms with van der Waals surface area (Å²) in [7, 11) is 1.71. The molecule has 2 nitrogen and oxygen atoms in total. The van der Waals surface area contributed by atoms with Gasteiger partial charge in [0.1, 0.15) is 6.61 Å². The fraction of sp³-hybridized carbons (Fsp3) is 0.600. The van der Waals surface area contributed by atoms with Crippen molar-refractivity contribution in [2.24, 2.45) is 0 Å². The standard InChI is InChI=1S/C15H22F3NO/c1-14(2,3)12-7-5-11(6-8-12)13(19-4)9-20-10-15(16,17)18/h5-8,13,19H,9-10H2,1-4H3. The third kappa shape index (κ3) is 5.51. The summed E-state index contributed by atoms with van der Waals surface area (Å²) >= 11 is 0. The average molecular weight is 289 g/mol. The van der Waals surface area contributed by atoms with E-state index in [0.717, 1.165) is 5.56 Å². The van der Waals surface area contributed by atoms with Crippen LogP contribution < -0.4 is 5.32 Å². The fourth-order valence-corrected chi connectivity index (χ4v) is 1.85. The fourth-order valence-electron chi connectivity index (χ4n) is 1.85. The first-order valence-corrected chi connectivity index (χ1v) is 6.55. The van der Waals surface area contributed by atoms with E-state index in [0.29, 0.717) is 0 Å². The zero-order chi connectivity index (χ0) is 15.4. The molecule has 1 unspecified atom stereocenters. The molecular weight excluding hydrogens is 267 g/mol. The van der Waals surface area contributed by atoms with Crippen LogP contribution in [-0.4, -0.2) is 26.4 Å². The molecule has 0 aliphatic carbocycles. The van der Waals surface area contributed by atoms with Crippen LogP contribution in [0.1, 0.15) is 37.9 Å². The Bertz CT molecular complexity index is 407. The van der Waals surface area contributed by atoms with E-state index >= 15 is 0 Å². The molecule has 0 saturated carbocycles. The summed E-state index contributed by atoms with van der Waals surface area (Å²) in [6, 6.07) is 7.62. The van der Waals surface area contributed by atoms with Crippen molar-refractivity contribution in [2.75, 3.05) is 20.3 Å². The molecule has 1 N–H and O–H groups in total. The van der Waals surface area contributed by atoms with Crippen LogP contribution in [0.15, 0.2) is 24.3 Å². The summed E-state index contributed by atoms with van der Waals surface area (Å²) in [5.74, 6) is 0. The summed E-state index contributed by atoms with van der Waals surface area (Å²) in [6.45, 7) is 5.12. The van der Waals surface area contributed by atoms with Gasteiger partial charge in [0.25, 0.3) is 0 Å². The molecule has 20 heavy (non-hydrogen) atoms. The van der Waals surface area contributed by atoms with Crippen LogP contribution >= 0.6 is 0 Å². The van der Waals surface area contributed by atoms with E-state index in [2.05, 4.69) is 26.1 Å². The van der Waals surface area contributed by atoms with Crippen LogP contribution in [0.25, 0.3) is 0 Å². The maximum atomic E-state index is 12.1. The van der Waals surface area contributed by atoms with Crippen LogP contribution in [0.2, 0.25) is 0 Å². The number of hydrogen-bond donors (Lipinski definition) is 1. The van der Waals surface area contributed by atoms with Crippen LogP contribution in [0.5, 0.6) is 0 Å². The van der Waals surface area contributed by atoms with Crippen molar-refractivity contribution < 1.29 is 17.9 Å². The Morgan fingerprint density at radius 1 is 1.10 bits per heavy atom. The number of ether oxygens (including phenoxy) is 1. The molecule has 0 aromatic heterocycles. The Morgan fingerprint density at radius 3 is 2.05 bits per heavy atom. The molecular formula is C15H22F3NO. The summed E-state index contributed by atoms with van der Waals surface area (Å²) in [6.07, 6.45) is -4.28.